The lowest BCUT2D eigenvalue weighted by Crippen LogP contribution is -2.23. The summed E-state index contributed by atoms with van der Waals surface area (Å²) in [5.74, 6) is -0.541. The molecule has 1 N–H and O–H groups in total. The summed E-state index contributed by atoms with van der Waals surface area (Å²) in [6.07, 6.45) is 3.67. The van der Waals surface area contributed by atoms with Gasteiger partial charge < -0.3 is 19.2 Å². The molecule has 0 aliphatic rings. The van der Waals surface area contributed by atoms with Crippen LogP contribution in [0.4, 0.5) is 5.69 Å². The predicted octanol–water partition coefficient (Wildman–Crippen LogP) is 4.90. The maximum absolute atomic E-state index is 12.9. The molecule has 0 radical (unpaired) electrons. The van der Waals surface area contributed by atoms with Crippen molar-refractivity contribution in [1.82, 2.24) is 9.88 Å². The molecule has 0 saturated heterocycles. The fraction of sp³-hybridized carbons (Fsp3) is 0.233. The fourth-order valence-corrected chi connectivity index (χ4v) is 4.57. The number of nitrogens with zero attached hydrogens (tertiary/aromatic N) is 2. The molecule has 4 rings (SSSR count). The van der Waals surface area contributed by atoms with Crippen LogP contribution in [0, 0.1) is 13.8 Å². The van der Waals surface area contributed by atoms with Crippen LogP contribution in [0.1, 0.15) is 39.7 Å². The lowest BCUT2D eigenvalue weighted by molar-refractivity contribution is -0.113. The van der Waals surface area contributed by atoms with Gasteiger partial charge in [-0.25, -0.2) is 0 Å². The zero-order valence-corrected chi connectivity index (χ0v) is 21.8. The molecule has 0 spiro atoms. The zero-order valence-electron chi connectivity index (χ0n) is 21.8. The van der Waals surface area contributed by atoms with Gasteiger partial charge in [-0.05, 0) is 79.3 Å². The van der Waals surface area contributed by atoms with Crippen molar-refractivity contribution in [2.75, 3.05) is 18.5 Å². The molecule has 0 aliphatic carbocycles. The normalized spacial score (nSPS) is 10.9. The number of fused-ring (bicyclic) bond motifs is 1. The smallest absolute Gasteiger partial charge is 0.293 e. The molecule has 4 aromatic rings. The Balaban J connectivity index is 2.00. The van der Waals surface area contributed by atoms with Gasteiger partial charge in [0.15, 0.2) is 5.76 Å². The second kappa shape index (κ2) is 10.3. The van der Waals surface area contributed by atoms with Crippen molar-refractivity contribution in [3.8, 4) is 11.1 Å². The van der Waals surface area contributed by atoms with E-state index in [2.05, 4.69) is 37.9 Å². The number of nitrogens with one attached hydrogen (secondary N) is 1. The first kappa shape index (κ1) is 25.7. The summed E-state index contributed by atoms with van der Waals surface area (Å²) in [6.45, 7) is 10.0. The Labute approximate surface area is 216 Å². The topological polar surface area (TPSA) is 84.6 Å². The third kappa shape index (κ3) is 4.85. The number of carbonyl (C=O) groups is 2. The second-order valence-electron chi connectivity index (χ2n) is 9.16. The molecule has 0 fully saturated rings. The zero-order chi connectivity index (χ0) is 26.9. The van der Waals surface area contributed by atoms with Gasteiger partial charge in [-0.3, -0.25) is 14.4 Å². The number of aryl methyl sites for hydroxylation is 3. The molecule has 190 valence electrons. The number of pyridine rings is 1. The number of hydrogen-bond donors (Lipinski definition) is 1. The van der Waals surface area contributed by atoms with Crippen LogP contribution in [0.2, 0.25) is 0 Å². The molecule has 2 amide bonds. The van der Waals surface area contributed by atoms with Gasteiger partial charge in [-0.2, -0.15) is 0 Å². The quantitative estimate of drug-likeness (QED) is 0.368. The summed E-state index contributed by atoms with van der Waals surface area (Å²) in [5, 5.41) is 3.26. The van der Waals surface area contributed by atoms with Gasteiger partial charge in [0.05, 0.1) is 0 Å². The number of likely N-dealkylation sites (N-methyl/N-ethyl adjacent to an activating group) is 1. The number of aromatic nitrogens is 1. The van der Waals surface area contributed by atoms with E-state index >= 15 is 0 Å². The van der Waals surface area contributed by atoms with Crippen LogP contribution >= 0.6 is 0 Å². The number of amides is 2. The van der Waals surface area contributed by atoms with E-state index < -0.39 is 0 Å². The minimum absolute atomic E-state index is 0.0767. The number of hydrogen-bond acceptors (Lipinski definition) is 4. The highest BCUT2D eigenvalue weighted by molar-refractivity contribution is 6.03. The van der Waals surface area contributed by atoms with E-state index in [-0.39, 0.29) is 28.7 Å². The Hall–Kier alpha value is -4.39. The highest BCUT2D eigenvalue weighted by Crippen LogP contribution is 2.35. The molecular weight excluding hydrogens is 466 g/mol. The number of benzene rings is 2. The van der Waals surface area contributed by atoms with Crippen molar-refractivity contribution in [2.24, 2.45) is 7.05 Å². The summed E-state index contributed by atoms with van der Waals surface area (Å²) >= 11 is 0. The van der Waals surface area contributed by atoms with E-state index in [1.165, 1.54) is 32.2 Å². The van der Waals surface area contributed by atoms with E-state index in [1.807, 2.05) is 31.2 Å². The monoisotopic (exact) mass is 497 g/mol. The lowest BCUT2D eigenvalue weighted by Gasteiger charge is -2.20. The van der Waals surface area contributed by atoms with Crippen LogP contribution in [0.15, 0.2) is 70.5 Å². The first-order chi connectivity index (χ1) is 17.7. The van der Waals surface area contributed by atoms with E-state index in [0.717, 1.165) is 16.7 Å². The summed E-state index contributed by atoms with van der Waals surface area (Å²) in [5.41, 5.74) is 6.62. The summed E-state index contributed by atoms with van der Waals surface area (Å²) in [7, 11) is 3.34. The molecule has 0 saturated carbocycles. The van der Waals surface area contributed by atoms with Gasteiger partial charge in [-0.15, -0.1) is 0 Å². The lowest BCUT2D eigenvalue weighted by atomic mass is 9.90. The molecule has 37 heavy (non-hydrogen) atoms. The maximum Gasteiger partial charge on any atom is 0.293 e. The SMILES string of the molecule is C=CC(=O)N(C)c1ccc(Cc2c(C)cccc2C)c(-c2cn(C)c(=O)c3oc(C(=O)NCC)cc23)c1. The van der Waals surface area contributed by atoms with Crippen molar-refractivity contribution in [1.29, 1.82) is 0 Å². The van der Waals surface area contributed by atoms with Crippen LogP contribution in [0.5, 0.6) is 0 Å². The standard InChI is InChI=1S/C30H31N3O4/c1-7-27(34)33(6)21-13-12-20(14-22-18(3)10-9-11-19(22)4)23(15-21)25-17-32(5)30(36)28-24(25)16-26(37-28)29(35)31-8-2/h7,9-13,15-17H,1,8,14H2,2-6H3,(H,31,35). The molecule has 7 heteroatoms. The van der Waals surface area contributed by atoms with Crippen LogP contribution in [-0.4, -0.2) is 30.0 Å². The van der Waals surface area contributed by atoms with E-state index in [0.29, 0.717) is 24.0 Å². The van der Waals surface area contributed by atoms with Crippen molar-refractivity contribution in [2.45, 2.75) is 27.2 Å². The van der Waals surface area contributed by atoms with Gasteiger partial charge in [0.2, 0.25) is 11.5 Å². The second-order valence-corrected chi connectivity index (χ2v) is 9.16. The van der Waals surface area contributed by atoms with Crippen LogP contribution in [-0.2, 0) is 18.3 Å². The van der Waals surface area contributed by atoms with Crippen LogP contribution < -0.4 is 15.8 Å². The summed E-state index contributed by atoms with van der Waals surface area (Å²) in [6, 6.07) is 13.7. The molecule has 0 atom stereocenters. The molecule has 0 bridgehead atoms. The summed E-state index contributed by atoms with van der Waals surface area (Å²) in [4.78, 5) is 39.4. The third-order valence-corrected chi connectivity index (χ3v) is 6.71. The molecular formula is C30H31N3O4. The Morgan fingerprint density at radius 2 is 1.81 bits per heavy atom. The highest BCUT2D eigenvalue weighted by Gasteiger charge is 2.21. The number of carbonyl (C=O) groups excluding carboxylic acids is 2. The third-order valence-electron chi connectivity index (χ3n) is 6.71. The first-order valence-electron chi connectivity index (χ1n) is 12.2. The fourth-order valence-electron chi connectivity index (χ4n) is 4.57. The average Bonchev–Trinajstić information content (AvgIpc) is 3.34. The van der Waals surface area contributed by atoms with Crippen molar-refractivity contribution in [3.05, 3.63) is 99.7 Å². The largest absolute Gasteiger partial charge is 0.445 e. The van der Waals surface area contributed by atoms with E-state index in [4.69, 9.17) is 4.42 Å². The van der Waals surface area contributed by atoms with Gasteiger partial charge in [-0.1, -0.05) is 30.8 Å². The molecule has 0 unspecified atom stereocenters. The van der Waals surface area contributed by atoms with Crippen molar-refractivity contribution >= 4 is 28.5 Å². The molecule has 2 aromatic heterocycles. The first-order valence-corrected chi connectivity index (χ1v) is 12.2. The predicted molar refractivity (Wildman–Crippen MR) is 147 cm³/mol. The van der Waals surface area contributed by atoms with Crippen molar-refractivity contribution < 1.29 is 14.0 Å². The Morgan fingerprint density at radius 1 is 1.11 bits per heavy atom. The number of rotatable bonds is 7. The molecule has 0 aliphatic heterocycles. The van der Waals surface area contributed by atoms with Gasteiger partial charge in [0, 0.05) is 43.5 Å². The average molecular weight is 498 g/mol. The van der Waals surface area contributed by atoms with Crippen molar-refractivity contribution in [3.63, 3.8) is 0 Å². The number of furan rings is 1. The van der Waals surface area contributed by atoms with Crippen LogP contribution in [0.25, 0.3) is 22.1 Å². The Bertz CT molecular complexity index is 1570. The summed E-state index contributed by atoms with van der Waals surface area (Å²) < 4.78 is 7.22. The Kier molecular flexibility index (Phi) is 7.16. The molecule has 2 aromatic carbocycles. The number of anilines is 1. The van der Waals surface area contributed by atoms with Gasteiger partial charge in [0.1, 0.15) is 0 Å². The molecule has 2 heterocycles. The minimum Gasteiger partial charge on any atom is -0.445 e. The van der Waals surface area contributed by atoms with Gasteiger partial charge >= 0.3 is 0 Å². The van der Waals surface area contributed by atoms with Gasteiger partial charge in [0.25, 0.3) is 11.5 Å². The molecule has 7 nitrogen and oxygen atoms in total. The minimum atomic E-state index is -0.382. The van der Waals surface area contributed by atoms with E-state index in [9.17, 15) is 14.4 Å². The Morgan fingerprint density at radius 3 is 2.46 bits per heavy atom. The van der Waals surface area contributed by atoms with E-state index in [1.54, 1.807) is 26.4 Å². The maximum atomic E-state index is 12.9. The highest BCUT2D eigenvalue weighted by atomic mass is 16.4. The van der Waals surface area contributed by atoms with Crippen LogP contribution in [0.3, 0.4) is 0 Å².